The van der Waals surface area contributed by atoms with Crippen LogP contribution in [-0.2, 0) is 6.54 Å². The molecule has 2 heterocycles. The molecule has 0 aliphatic carbocycles. The van der Waals surface area contributed by atoms with Crippen molar-refractivity contribution in [1.82, 2.24) is 14.8 Å². The highest BCUT2D eigenvalue weighted by Crippen LogP contribution is 2.23. The Morgan fingerprint density at radius 2 is 2.33 bits per heavy atom. The first-order valence-corrected chi connectivity index (χ1v) is 6.66. The molecule has 4 heteroatoms. The van der Waals surface area contributed by atoms with Crippen molar-refractivity contribution in [2.75, 3.05) is 33.7 Å². The third kappa shape index (κ3) is 3.43. The van der Waals surface area contributed by atoms with E-state index in [1.165, 1.54) is 5.56 Å². The van der Waals surface area contributed by atoms with E-state index in [-0.39, 0.29) is 6.10 Å². The molecule has 4 nitrogen and oxygen atoms in total. The summed E-state index contributed by atoms with van der Waals surface area (Å²) < 4.78 is 6.06. The molecule has 0 N–H and O–H groups in total. The number of hydrogen-bond acceptors (Lipinski definition) is 4. The van der Waals surface area contributed by atoms with Gasteiger partial charge in [-0.15, -0.1) is 0 Å². The van der Waals surface area contributed by atoms with Crippen LogP contribution < -0.4 is 4.74 Å². The van der Waals surface area contributed by atoms with Crippen LogP contribution in [0.15, 0.2) is 18.3 Å². The van der Waals surface area contributed by atoms with Gasteiger partial charge in [0.1, 0.15) is 6.10 Å². The van der Waals surface area contributed by atoms with Crippen molar-refractivity contribution in [2.45, 2.75) is 26.0 Å². The topological polar surface area (TPSA) is 28.6 Å². The molecule has 100 valence electrons. The fraction of sp³-hybridized carbons (Fsp3) is 0.643. The first kappa shape index (κ1) is 13.3. The van der Waals surface area contributed by atoms with Gasteiger partial charge in [0, 0.05) is 31.4 Å². The number of ether oxygens (including phenoxy) is 1. The third-order valence-electron chi connectivity index (χ3n) is 3.33. The molecule has 0 fully saturated rings. The minimum atomic E-state index is 0.239. The van der Waals surface area contributed by atoms with E-state index >= 15 is 0 Å². The standard InChI is InChI=1S/C14H23N3O/c1-4-17-10-12-6-5-8-15-14(12)18-13(11-17)7-9-16(2)3/h5-6,8,13H,4,7,9-11H2,1-3H3. The molecule has 0 radical (unpaired) electrons. The van der Waals surface area contributed by atoms with Crippen LogP contribution in [0.5, 0.6) is 5.88 Å². The highest BCUT2D eigenvalue weighted by atomic mass is 16.5. The molecule has 0 saturated carbocycles. The van der Waals surface area contributed by atoms with Crippen molar-refractivity contribution in [3.05, 3.63) is 23.9 Å². The molecule has 1 aromatic heterocycles. The maximum atomic E-state index is 6.06. The summed E-state index contributed by atoms with van der Waals surface area (Å²) in [5.74, 6) is 0.817. The van der Waals surface area contributed by atoms with Gasteiger partial charge in [-0.3, -0.25) is 4.90 Å². The second-order valence-electron chi connectivity index (χ2n) is 5.13. The van der Waals surface area contributed by atoms with E-state index in [1.807, 2.05) is 12.3 Å². The Morgan fingerprint density at radius 3 is 3.06 bits per heavy atom. The van der Waals surface area contributed by atoms with Crippen LogP contribution in [0.25, 0.3) is 0 Å². The van der Waals surface area contributed by atoms with Crippen molar-refractivity contribution in [1.29, 1.82) is 0 Å². The molecule has 1 aliphatic rings. The lowest BCUT2D eigenvalue weighted by Gasteiger charge is -2.23. The van der Waals surface area contributed by atoms with Crippen LogP contribution >= 0.6 is 0 Å². The largest absolute Gasteiger partial charge is 0.473 e. The van der Waals surface area contributed by atoms with E-state index < -0.39 is 0 Å². The number of hydrogen-bond donors (Lipinski definition) is 0. The molecular formula is C14H23N3O. The Morgan fingerprint density at radius 1 is 1.50 bits per heavy atom. The summed E-state index contributed by atoms with van der Waals surface area (Å²) in [7, 11) is 4.20. The zero-order valence-corrected chi connectivity index (χ0v) is 11.6. The van der Waals surface area contributed by atoms with Gasteiger partial charge in [0.15, 0.2) is 0 Å². The molecular weight excluding hydrogens is 226 g/mol. The van der Waals surface area contributed by atoms with Crippen LogP contribution in [0.1, 0.15) is 18.9 Å². The molecule has 1 atom stereocenters. The highest BCUT2D eigenvalue weighted by Gasteiger charge is 2.22. The third-order valence-corrected chi connectivity index (χ3v) is 3.33. The van der Waals surface area contributed by atoms with Crippen molar-refractivity contribution >= 4 is 0 Å². The number of likely N-dealkylation sites (N-methyl/N-ethyl adjacent to an activating group) is 1. The summed E-state index contributed by atoms with van der Waals surface area (Å²) in [6.45, 7) is 6.23. The Hall–Kier alpha value is -1.13. The van der Waals surface area contributed by atoms with Gasteiger partial charge in [0.25, 0.3) is 0 Å². The van der Waals surface area contributed by atoms with Crippen LogP contribution in [0.4, 0.5) is 0 Å². The Bertz CT molecular complexity index is 381. The predicted octanol–water partition coefficient (Wildman–Crippen LogP) is 1.62. The average molecular weight is 249 g/mol. The smallest absolute Gasteiger partial charge is 0.218 e. The molecule has 1 aromatic rings. The highest BCUT2D eigenvalue weighted by molar-refractivity contribution is 5.26. The number of aromatic nitrogens is 1. The van der Waals surface area contributed by atoms with E-state index in [0.717, 1.165) is 38.5 Å². The second kappa shape index (κ2) is 6.16. The quantitative estimate of drug-likeness (QED) is 0.810. The second-order valence-corrected chi connectivity index (χ2v) is 5.13. The Labute approximate surface area is 110 Å². The van der Waals surface area contributed by atoms with Crippen molar-refractivity contribution < 1.29 is 4.74 Å². The Balaban J connectivity index is 2.09. The van der Waals surface area contributed by atoms with Gasteiger partial charge in [-0.1, -0.05) is 13.0 Å². The minimum absolute atomic E-state index is 0.239. The van der Waals surface area contributed by atoms with Gasteiger partial charge in [-0.05, 0) is 33.1 Å². The maximum absolute atomic E-state index is 6.06. The number of rotatable bonds is 4. The number of pyridine rings is 1. The van der Waals surface area contributed by atoms with E-state index in [0.29, 0.717) is 0 Å². The van der Waals surface area contributed by atoms with Crippen LogP contribution in [0.2, 0.25) is 0 Å². The molecule has 0 saturated heterocycles. The monoisotopic (exact) mass is 249 g/mol. The average Bonchev–Trinajstić information content (AvgIpc) is 2.54. The van der Waals surface area contributed by atoms with Gasteiger partial charge in [-0.25, -0.2) is 4.98 Å². The number of fused-ring (bicyclic) bond motifs is 1. The fourth-order valence-corrected chi connectivity index (χ4v) is 2.23. The van der Waals surface area contributed by atoms with E-state index in [2.05, 4.69) is 41.9 Å². The van der Waals surface area contributed by atoms with E-state index in [4.69, 9.17) is 4.74 Å². The van der Waals surface area contributed by atoms with E-state index in [9.17, 15) is 0 Å². The van der Waals surface area contributed by atoms with Crippen LogP contribution in [0, 0.1) is 0 Å². The molecule has 0 amide bonds. The van der Waals surface area contributed by atoms with Crippen molar-refractivity contribution in [3.8, 4) is 5.88 Å². The van der Waals surface area contributed by atoms with Crippen LogP contribution in [0.3, 0.4) is 0 Å². The summed E-state index contributed by atoms with van der Waals surface area (Å²) in [5, 5.41) is 0. The molecule has 0 bridgehead atoms. The lowest BCUT2D eigenvalue weighted by Crippen LogP contribution is -2.34. The molecule has 2 rings (SSSR count). The van der Waals surface area contributed by atoms with Gasteiger partial charge in [0.2, 0.25) is 5.88 Å². The summed E-state index contributed by atoms with van der Waals surface area (Å²) >= 11 is 0. The molecule has 0 aromatic carbocycles. The molecule has 18 heavy (non-hydrogen) atoms. The first-order valence-electron chi connectivity index (χ1n) is 6.66. The Kier molecular flexibility index (Phi) is 4.55. The molecule has 1 aliphatic heterocycles. The van der Waals surface area contributed by atoms with Crippen molar-refractivity contribution in [2.24, 2.45) is 0 Å². The van der Waals surface area contributed by atoms with E-state index in [1.54, 1.807) is 0 Å². The predicted molar refractivity (Wildman–Crippen MR) is 72.8 cm³/mol. The molecule has 0 spiro atoms. The van der Waals surface area contributed by atoms with Gasteiger partial charge in [0.05, 0.1) is 0 Å². The summed E-state index contributed by atoms with van der Waals surface area (Å²) in [4.78, 5) is 8.99. The first-order chi connectivity index (χ1) is 8.69. The summed E-state index contributed by atoms with van der Waals surface area (Å²) in [6, 6.07) is 4.09. The van der Waals surface area contributed by atoms with Crippen LogP contribution in [-0.4, -0.2) is 54.6 Å². The van der Waals surface area contributed by atoms with Crippen molar-refractivity contribution in [3.63, 3.8) is 0 Å². The normalized spacial score (nSPS) is 20.3. The zero-order valence-electron chi connectivity index (χ0n) is 11.6. The number of nitrogens with zero attached hydrogens (tertiary/aromatic N) is 3. The fourth-order valence-electron chi connectivity index (χ4n) is 2.23. The lowest BCUT2D eigenvalue weighted by molar-refractivity contribution is 0.130. The summed E-state index contributed by atoms with van der Waals surface area (Å²) in [5.41, 5.74) is 1.20. The maximum Gasteiger partial charge on any atom is 0.218 e. The minimum Gasteiger partial charge on any atom is -0.473 e. The van der Waals surface area contributed by atoms with Gasteiger partial charge < -0.3 is 9.64 Å². The SMILES string of the molecule is CCN1Cc2cccnc2OC(CCN(C)C)C1. The lowest BCUT2D eigenvalue weighted by atomic mass is 10.2. The molecule has 1 unspecified atom stereocenters. The summed E-state index contributed by atoms with van der Waals surface area (Å²) in [6.07, 6.45) is 3.09. The zero-order chi connectivity index (χ0) is 13.0. The van der Waals surface area contributed by atoms with Gasteiger partial charge in [-0.2, -0.15) is 0 Å². The van der Waals surface area contributed by atoms with Gasteiger partial charge >= 0.3 is 0 Å².